The van der Waals surface area contributed by atoms with E-state index in [-0.39, 0.29) is 43.7 Å². The summed E-state index contributed by atoms with van der Waals surface area (Å²) in [7, 11) is -2.56. The Morgan fingerprint density at radius 3 is 2.59 bits per heavy atom. The van der Waals surface area contributed by atoms with Gasteiger partial charge in [0.05, 0.1) is 36.6 Å². The predicted octanol–water partition coefficient (Wildman–Crippen LogP) is 9.86. The van der Waals surface area contributed by atoms with Gasteiger partial charge in [-0.15, -0.1) is 11.3 Å². The number of nitrogens with zero attached hydrogens (tertiary/aromatic N) is 3. The molecule has 2 fully saturated rings. The fourth-order valence-electron chi connectivity index (χ4n) is 8.69. The second-order valence-corrected chi connectivity index (χ2v) is 20.5. The van der Waals surface area contributed by atoms with Gasteiger partial charge in [-0.2, -0.15) is 13.2 Å². The molecule has 1 saturated carbocycles. The van der Waals surface area contributed by atoms with Crippen LogP contribution in [0.4, 0.5) is 24.0 Å². The summed E-state index contributed by atoms with van der Waals surface area (Å²) < 4.78 is 68.3. The largest absolute Gasteiger partial charge is 0.497 e. The van der Waals surface area contributed by atoms with Crippen LogP contribution in [0.3, 0.4) is 0 Å². The van der Waals surface area contributed by atoms with E-state index in [1.807, 2.05) is 43.5 Å². The molecule has 4 N–H and O–H groups in total. The summed E-state index contributed by atoms with van der Waals surface area (Å²) in [5.74, 6) is -0.503. The molecule has 1 aliphatic carbocycles. The number of hydrogen-bond donors (Lipinski definition) is 4. The number of thiazole rings is 1. The van der Waals surface area contributed by atoms with Gasteiger partial charge >= 0.3 is 6.18 Å². The summed E-state index contributed by atoms with van der Waals surface area (Å²) >= 11 is 1.44. The van der Waals surface area contributed by atoms with Crippen LogP contribution < -0.4 is 25.4 Å². The normalized spacial score (nSPS) is 24.4. The molecule has 3 unspecified atom stereocenters. The van der Waals surface area contributed by atoms with E-state index in [2.05, 4.69) is 16.0 Å². The number of methoxy groups -OCH3 is 1. The van der Waals surface area contributed by atoms with Crippen molar-refractivity contribution in [1.29, 1.82) is 0 Å². The second kappa shape index (κ2) is 18.6. The number of benzene rings is 3. The summed E-state index contributed by atoms with van der Waals surface area (Å²) in [6.07, 6.45) is 1.69. The molecule has 0 radical (unpaired) electrons. The van der Waals surface area contributed by atoms with Gasteiger partial charge in [0.2, 0.25) is 19.2 Å². The zero-order valence-corrected chi connectivity index (χ0v) is 37.5. The number of allylic oxidation sites excluding steroid dienone is 1. The molecule has 64 heavy (non-hydrogen) atoms. The van der Waals surface area contributed by atoms with Gasteiger partial charge in [-0.05, 0) is 75.4 Å². The average molecular weight is 917 g/mol. The number of hydrogen-bond acceptors (Lipinski definition) is 10. The molecule has 6 atom stereocenters. The standard InChI is InChI=1S/C47H52F3N6O6PS/c1-29(2)51-45-54-40(28-64-45)39-24-42(36-20-19-34(61-3)22-38(36)53-39)62-35-23-41-43(57)55-46(63(59,60)27-30-13-8-7-9-14-30)25-32(46)15-10-5-4-6-11-18-37(44(58)56(41)26-35)52-33-17-12-16-31(21-33)47(48,49)50/h7-10,12-17,19-22,24,28-29,32,35,37,41,52H,4-6,11,18,23,25-27H2,1-3H3,(H,51,54)(H,55,57)(H,59,60)/b15-10-/t32-,35?,37?,41+,46+/m1/s1. The first-order chi connectivity index (χ1) is 30.6. The van der Waals surface area contributed by atoms with E-state index >= 15 is 0 Å². The van der Waals surface area contributed by atoms with Crippen molar-refractivity contribution in [1.82, 2.24) is 20.2 Å². The summed E-state index contributed by atoms with van der Waals surface area (Å²) in [5, 5.41) is 11.2. The lowest BCUT2D eigenvalue weighted by Gasteiger charge is -2.31. The Bertz CT molecular complexity index is 2570. The van der Waals surface area contributed by atoms with E-state index in [0.717, 1.165) is 30.1 Å². The van der Waals surface area contributed by atoms with Crippen LogP contribution in [0.1, 0.15) is 69.9 Å². The third kappa shape index (κ3) is 9.94. The monoisotopic (exact) mass is 916 g/mol. The molecule has 17 heteroatoms. The molecule has 0 spiro atoms. The van der Waals surface area contributed by atoms with E-state index in [1.165, 1.54) is 28.4 Å². The van der Waals surface area contributed by atoms with E-state index in [1.54, 1.807) is 49.6 Å². The number of anilines is 2. The first kappa shape index (κ1) is 45.1. The molecule has 3 aromatic carbocycles. The van der Waals surface area contributed by atoms with Crippen LogP contribution in [0.2, 0.25) is 0 Å². The lowest BCUT2D eigenvalue weighted by Crippen LogP contribution is -2.53. The first-order valence-electron chi connectivity index (χ1n) is 21.6. The van der Waals surface area contributed by atoms with Gasteiger partial charge in [0.25, 0.3) is 0 Å². The number of pyridine rings is 1. The van der Waals surface area contributed by atoms with Crippen LogP contribution in [-0.4, -0.2) is 74.7 Å². The van der Waals surface area contributed by atoms with Gasteiger partial charge in [0, 0.05) is 47.0 Å². The molecule has 8 rings (SSSR count). The van der Waals surface area contributed by atoms with Crippen molar-refractivity contribution in [2.75, 3.05) is 24.3 Å². The fourth-order valence-corrected chi connectivity index (χ4v) is 11.9. The Hall–Kier alpha value is -5.44. The Morgan fingerprint density at radius 1 is 1.02 bits per heavy atom. The Balaban J connectivity index is 1.16. The SMILES string of the molecule is COc1ccc2c(OC3C[C@H]4C(=O)N[C@]5(P(=O)(O)Cc6ccccc6)C[C@H]5/C=C\CCCCCC(Nc5cccc(C(F)(F)F)c5)C(=O)N4C3)cc(-c3csc(NC(C)C)n3)nc2c1. The predicted molar refractivity (Wildman–Crippen MR) is 243 cm³/mol. The van der Waals surface area contributed by atoms with Crippen LogP contribution in [0.25, 0.3) is 22.3 Å². The molecule has 338 valence electrons. The van der Waals surface area contributed by atoms with E-state index in [9.17, 15) is 32.2 Å². The van der Waals surface area contributed by atoms with Crippen LogP contribution in [0.15, 0.2) is 96.4 Å². The van der Waals surface area contributed by atoms with Gasteiger partial charge in [0.1, 0.15) is 40.7 Å². The maximum Gasteiger partial charge on any atom is 0.416 e. The van der Waals surface area contributed by atoms with Crippen molar-refractivity contribution in [3.63, 3.8) is 0 Å². The van der Waals surface area contributed by atoms with Gasteiger partial charge in [-0.3, -0.25) is 14.2 Å². The van der Waals surface area contributed by atoms with Crippen molar-refractivity contribution in [2.45, 2.75) is 101 Å². The Labute approximate surface area is 374 Å². The Morgan fingerprint density at radius 2 is 1.83 bits per heavy atom. The first-order valence-corrected chi connectivity index (χ1v) is 24.3. The van der Waals surface area contributed by atoms with Crippen LogP contribution in [-0.2, 0) is 26.5 Å². The molecule has 12 nitrogen and oxygen atoms in total. The number of nitrogens with one attached hydrogen (secondary N) is 3. The van der Waals surface area contributed by atoms with Crippen molar-refractivity contribution < 1.29 is 41.7 Å². The van der Waals surface area contributed by atoms with Gasteiger partial charge in [-0.1, -0.05) is 61.4 Å². The summed E-state index contributed by atoms with van der Waals surface area (Å²) in [6.45, 7) is 3.99. The number of fused-ring (bicyclic) bond motifs is 3. The second-order valence-electron chi connectivity index (χ2n) is 17.1. The van der Waals surface area contributed by atoms with Crippen LogP contribution in [0.5, 0.6) is 11.5 Å². The smallest absolute Gasteiger partial charge is 0.416 e. The number of carbonyl (C=O) groups is 2. The van der Waals surface area contributed by atoms with Gasteiger partial charge < -0.3 is 35.2 Å². The summed E-state index contributed by atoms with van der Waals surface area (Å²) in [5.41, 5.74) is 1.62. The maximum atomic E-state index is 15.0. The van der Waals surface area contributed by atoms with Crippen molar-refractivity contribution in [3.8, 4) is 22.9 Å². The van der Waals surface area contributed by atoms with Crippen LogP contribution >= 0.6 is 18.7 Å². The highest BCUT2D eigenvalue weighted by molar-refractivity contribution is 7.59. The molecule has 5 aromatic rings. The van der Waals surface area contributed by atoms with E-state index in [0.29, 0.717) is 52.2 Å². The number of rotatable bonds is 11. The van der Waals surface area contributed by atoms with Gasteiger partial charge in [0.15, 0.2) is 5.13 Å². The number of carbonyl (C=O) groups excluding carboxylic acids is 2. The van der Waals surface area contributed by atoms with Crippen molar-refractivity contribution in [2.24, 2.45) is 5.92 Å². The molecule has 0 bridgehead atoms. The third-order valence-electron chi connectivity index (χ3n) is 12.0. The molecular formula is C47H52F3N6O6PS. The van der Waals surface area contributed by atoms with Gasteiger partial charge in [-0.25, -0.2) is 9.97 Å². The molecular weight excluding hydrogens is 865 g/mol. The molecule has 1 saturated heterocycles. The highest BCUT2D eigenvalue weighted by Gasteiger charge is 2.66. The summed E-state index contributed by atoms with van der Waals surface area (Å²) in [4.78, 5) is 52.8. The van der Waals surface area contributed by atoms with E-state index < -0.39 is 60.3 Å². The highest BCUT2D eigenvalue weighted by Crippen LogP contribution is 2.71. The fraction of sp³-hybridized carbons (Fsp3) is 0.404. The number of amides is 2. The van der Waals surface area contributed by atoms with Crippen molar-refractivity contribution in [3.05, 3.63) is 108 Å². The Kier molecular flexibility index (Phi) is 13.1. The molecule has 3 aliphatic rings. The zero-order chi connectivity index (χ0) is 45.2. The molecule has 2 aromatic heterocycles. The van der Waals surface area contributed by atoms with E-state index in [4.69, 9.17) is 19.4 Å². The third-order valence-corrected chi connectivity index (χ3v) is 15.5. The number of ether oxygens (including phenoxy) is 2. The highest BCUT2D eigenvalue weighted by atomic mass is 32.1. The molecule has 4 heterocycles. The van der Waals surface area contributed by atoms with Crippen molar-refractivity contribution >= 4 is 52.2 Å². The maximum absolute atomic E-state index is 15.0. The zero-order valence-electron chi connectivity index (χ0n) is 35.8. The molecule has 2 aliphatic heterocycles. The minimum absolute atomic E-state index is 0.0211. The number of halogens is 3. The number of aromatic nitrogens is 2. The number of alkyl halides is 3. The minimum atomic E-state index is -4.60. The lowest BCUT2D eigenvalue weighted by molar-refractivity contribution is -0.139. The minimum Gasteiger partial charge on any atom is -0.497 e. The topological polar surface area (TPSA) is 155 Å². The quantitative estimate of drug-likeness (QED) is 0.0744. The average Bonchev–Trinajstić information content (AvgIpc) is 3.53. The lowest BCUT2D eigenvalue weighted by atomic mass is 10.0. The summed E-state index contributed by atoms with van der Waals surface area (Å²) in [6, 6.07) is 18.9. The molecule has 2 amide bonds. The van der Waals surface area contributed by atoms with Crippen LogP contribution in [0, 0.1) is 5.92 Å².